The molecule has 0 saturated heterocycles. The quantitative estimate of drug-likeness (QED) is 0.472. The Kier molecular flexibility index (Phi) is 2.81. The molecular weight excluding hydrogens is 232 g/mol. The molecule has 2 rings (SSSR count). The van der Waals surface area contributed by atoms with Crippen LogP contribution < -0.4 is 11.5 Å². The topological polar surface area (TPSA) is 110 Å². The molecule has 0 unspecified atom stereocenters. The Morgan fingerprint density at radius 1 is 0.944 bits per heavy atom. The highest BCUT2D eigenvalue weighted by atomic mass is 16.3. The zero-order valence-corrected chi connectivity index (χ0v) is 9.42. The molecule has 2 aromatic carbocycles. The van der Waals surface area contributed by atoms with Crippen LogP contribution >= 0.6 is 0 Å². The third-order valence-corrected chi connectivity index (χ3v) is 2.47. The van der Waals surface area contributed by atoms with Crippen molar-refractivity contribution in [2.45, 2.75) is 0 Å². The number of ketones is 1. The fourth-order valence-corrected chi connectivity index (χ4v) is 1.68. The molecule has 0 aromatic heterocycles. The van der Waals surface area contributed by atoms with Crippen molar-refractivity contribution in [2.24, 2.45) is 0 Å². The standard InChI is InChI=1S/C13H12N2O3/c14-8-3-7(4-9(15)5-8)13(18)11-2-1-10(16)6-12(11)17/h1-6,16-17H,14-15H2. The highest BCUT2D eigenvalue weighted by Gasteiger charge is 2.14. The van der Waals surface area contributed by atoms with Gasteiger partial charge < -0.3 is 21.7 Å². The third-order valence-electron chi connectivity index (χ3n) is 2.47. The van der Waals surface area contributed by atoms with E-state index in [-0.39, 0.29) is 22.6 Å². The number of rotatable bonds is 2. The van der Waals surface area contributed by atoms with Crippen molar-refractivity contribution in [3.05, 3.63) is 47.5 Å². The van der Waals surface area contributed by atoms with Gasteiger partial charge >= 0.3 is 0 Å². The SMILES string of the molecule is Nc1cc(N)cc(C(=O)c2ccc(O)cc2O)c1. The first-order valence-corrected chi connectivity index (χ1v) is 5.20. The minimum atomic E-state index is -0.411. The van der Waals surface area contributed by atoms with Crippen molar-refractivity contribution in [2.75, 3.05) is 11.5 Å². The summed E-state index contributed by atoms with van der Waals surface area (Å²) in [7, 11) is 0. The zero-order chi connectivity index (χ0) is 13.3. The zero-order valence-electron chi connectivity index (χ0n) is 9.42. The van der Waals surface area contributed by atoms with Crippen molar-refractivity contribution in [3.8, 4) is 11.5 Å². The molecule has 0 radical (unpaired) electrons. The van der Waals surface area contributed by atoms with E-state index in [0.29, 0.717) is 11.4 Å². The maximum atomic E-state index is 12.1. The lowest BCUT2D eigenvalue weighted by Gasteiger charge is -2.06. The second-order valence-corrected chi connectivity index (χ2v) is 3.92. The van der Waals surface area contributed by atoms with Crippen LogP contribution in [0.15, 0.2) is 36.4 Å². The van der Waals surface area contributed by atoms with Crippen molar-refractivity contribution < 1.29 is 15.0 Å². The van der Waals surface area contributed by atoms with Crippen LogP contribution in [0.1, 0.15) is 15.9 Å². The summed E-state index contributed by atoms with van der Waals surface area (Å²) >= 11 is 0. The van der Waals surface area contributed by atoms with Crippen molar-refractivity contribution in [1.29, 1.82) is 0 Å². The van der Waals surface area contributed by atoms with E-state index in [2.05, 4.69) is 0 Å². The summed E-state index contributed by atoms with van der Waals surface area (Å²) in [5.41, 5.74) is 12.3. The fraction of sp³-hybridized carbons (Fsp3) is 0. The Morgan fingerprint density at radius 3 is 2.11 bits per heavy atom. The molecule has 5 heteroatoms. The summed E-state index contributed by atoms with van der Waals surface area (Å²) in [6.07, 6.45) is 0. The maximum absolute atomic E-state index is 12.1. The molecule has 0 atom stereocenters. The number of benzene rings is 2. The van der Waals surface area contributed by atoms with Gasteiger partial charge in [-0.05, 0) is 30.3 Å². The number of phenolic OH excluding ortho intramolecular Hbond substituents is 2. The van der Waals surface area contributed by atoms with Gasteiger partial charge in [0.1, 0.15) is 11.5 Å². The summed E-state index contributed by atoms with van der Waals surface area (Å²) in [6.45, 7) is 0. The molecule has 0 aliphatic heterocycles. The third kappa shape index (κ3) is 2.20. The van der Waals surface area contributed by atoms with Gasteiger partial charge in [-0.3, -0.25) is 4.79 Å². The molecule has 5 nitrogen and oxygen atoms in total. The Bertz CT molecular complexity index is 603. The summed E-state index contributed by atoms with van der Waals surface area (Å²) < 4.78 is 0. The first-order valence-electron chi connectivity index (χ1n) is 5.20. The number of hydrogen-bond acceptors (Lipinski definition) is 5. The molecule has 0 spiro atoms. The second kappa shape index (κ2) is 4.29. The minimum Gasteiger partial charge on any atom is -0.508 e. The lowest BCUT2D eigenvalue weighted by molar-refractivity contribution is 0.103. The van der Waals surface area contributed by atoms with Crippen LogP contribution in [0.3, 0.4) is 0 Å². The van der Waals surface area contributed by atoms with Gasteiger partial charge in [-0.2, -0.15) is 0 Å². The van der Waals surface area contributed by atoms with Crippen LogP contribution in [-0.4, -0.2) is 16.0 Å². The summed E-state index contributed by atoms with van der Waals surface area (Å²) in [6, 6.07) is 8.25. The van der Waals surface area contributed by atoms with E-state index >= 15 is 0 Å². The Hall–Kier alpha value is -2.69. The highest BCUT2D eigenvalue weighted by Crippen LogP contribution is 2.26. The van der Waals surface area contributed by atoms with Crippen LogP contribution in [0.2, 0.25) is 0 Å². The molecule has 0 aliphatic carbocycles. The first kappa shape index (κ1) is 11.8. The average molecular weight is 244 g/mol. The normalized spacial score (nSPS) is 10.2. The number of phenols is 2. The summed E-state index contributed by atoms with van der Waals surface area (Å²) in [4.78, 5) is 12.1. The van der Waals surface area contributed by atoms with E-state index in [4.69, 9.17) is 16.6 Å². The first-order chi connectivity index (χ1) is 8.47. The fourth-order valence-electron chi connectivity index (χ4n) is 1.68. The monoisotopic (exact) mass is 244 g/mol. The van der Waals surface area contributed by atoms with Gasteiger partial charge in [0, 0.05) is 23.0 Å². The van der Waals surface area contributed by atoms with Crippen molar-refractivity contribution in [1.82, 2.24) is 0 Å². The predicted octanol–water partition coefficient (Wildman–Crippen LogP) is 1.49. The molecule has 0 saturated carbocycles. The molecule has 6 N–H and O–H groups in total. The van der Waals surface area contributed by atoms with Crippen LogP contribution in [0.5, 0.6) is 11.5 Å². The molecule has 0 bridgehead atoms. The molecular formula is C13H12N2O3. The molecule has 0 aliphatic rings. The lowest BCUT2D eigenvalue weighted by Crippen LogP contribution is -2.04. The number of aromatic hydroxyl groups is 2. The molecule has 0 heterocycles. The highest BCUT2D eigenvalue weighted by molar-refractivity contribution is 6.11. The van der Waals surface area contributed by atoms with Crippen molar-refractivity contribution >= 4 is 17.2 Å². The smallest absolute Gasteiger partial charge is 0.196 e. The van der Waals surface area contributed by atoms with Gasteiger partial charge in [0.15, 0.2) is 5.78 Å². The van der Waals surface area contributed by atoms with Gasteiger partial charge in [0.2, 0.25) is 0 Å². The maximum Gasteiger partial charge on any atom is 0.196 e. The molecule has 18 heavy (non-hydrogen) atoms. The summed E-state index contributed by atoms with van der Waals surface area (Å²) in [5, 5.41) is 18.8. The van der Waals surface area contributed by atoms with Gasteiger partial charge in [0.05, 0.1) is 5.56 Å². The van der Waals surface area contributed by atoms with E-state index in [1.54, 1.807) is 0 Å². The van der Waals surface area contributed by atoms with Gasteiger partial charge in [-0.15, -0.1) is 0 Å². The van der Waals surface area contributed by atoms with Gasteiger partial charge in [-0.1, -0.05) is 0 Å². The van der Waals surface area contributed by atoms with Gasteiger partial charge in [0.25, 0.3) is 0 Å². The Balaban J connectivity index is 2.47. The number of carbonyl (C=O) groups excluding carboxylic acids is 1. The van der Waals surface area contributed by atoms with E-state index in [1.807, 2.05) is 0 Å². The number of carbonyl (C=O) groups is 1. The average Bonchev–Trinajstić information content (AvgIpc) is 2.26. The number of hydrogen-bond donors (Lipinski definition) is 4. The van der Waals surface area contributed by atoms with E-state index in [0.717, 1.165) is 6.07 Å². The number of nitrogen functional groups attached to an aromatic ring is 2. The predicted molar refractivity (Wildman–Crippen MR) is 68.5 cm³/mol. The molecule has 2 aromatic rings. The minimum absolute atomic E-state index is 0.0813. The number of anilines is 2. The van der Waals surface area contributed by atoms with Crippen molar-refractivity contribution in [3.63, 3.8) is 0 Å². The van der Waals surface area contributed by atoms with Crippen LogP contribution in [0.25, 0.3) is 0 Å². The number of nitrogens with two attached hydrogens (primary N) is 2. The van der Waals surface area contributed by atoms with E-state index in [1.165, 1.54) is 30.3 Å². The van der Waals surface area contributed by atoms with E-state index < -0.39 is 5.78 Å². The Labute approximate surface area is 103 Å². The van der Waals surface area contributed by atoms with Crippen LogP contribution in [0.4, 0.5) is 11.4 Å². The van der Waals surface area contributed by atoms with Crippen LogP contribution in [0, 0.1) is 0 Å². The molecule has 0 fully saturated rings. The molecule has 92 valence electrons. The summed E-state index contributed by atoms with van der Waals surface area (Å²) in [5.74, 6) is -0.816. The Morgan fingerprint density at radius 2 is 1.56 bits per heavy atom. The van der Waals surface area contributed by atoms with E-state index in [9.17, 15) is 9.90 Å². The van der Waals surface area contributed by atoms with Gasteiger partial charge in [-0.25, -0.2) is 0 Å². The second-order valence-electron chi connectivity index (χ2n) is 3.92. The largest absolute Gasteiger partial charge is 0.508 e. The van der Waals surface area contributed by atoms with Crippen LogP contribution in [-0.2, 0) is 0 Å². The lowest BCUT2D eigenvalue weighted by atomic mass is 10.0. The molecule has 0 amide bonds.